The lowest BCUT2D eigenvalue weighted by molar-refractivity contribution is 0.104. The quantitative estimate of drug-likeness (QED) is 0.838. The van der Waals surface area contributed by atoms with Crippen LogP contribution in [0.1, 0.15) is 38.3 Å². The number of rotatable bonds is 4. The summed E-state index contributed by atoms with van der Waals surface area (Å²) in [5, 5.41) is 13.1. The molecule has 0 radical (unpaired) electrons. The van der Waals surface area contributed by atoms with Crippen molar-refractivity contribution in [2.45, 2.75) is 44.7 Å². The summed E-state index contributed by atoms with van der Waals surface area (Å²) in [6.07, 6.45) is 6.35. The third kappa shape index (κ3) is 3.27. The second kappa shape index (κ2) is 5.61. The van der Waals surface area contributed by atoms with Crippen LogP contribution >= 0.6 is 0 Å². The SMILES string of the molecule is CC1CCC(CO)(NCc2ccccn2)CC1. The van der Waals surface area contributed by atoms with E-state index in [0.717, 1.165) is 31.0 Å². The summed E-state index contributed by atoms with van der Waals surface area (Å²) in [6.45, 7) is 3.27. The van der Waals surface area contributed by atoms with Crippen LogP contribution in [-0.4, -0.2) is 22.2 Å². The fourth-order valence-corrected chi connectivity index (χ4v) is 2.49. The Bertz CT molecular complexity index is 331. The number of hydrogen-bond donors (Lipinski definition) is 2. The predicted octanol–water partition coefficient (Wildman–Crippen LogP) is 2.11. The minimum absolute atomic E-state index is 0.0793. The zero-order valence-electron chi connectivity index (χ0n) is 10.5. The Labute approximate surface area is 103 Å². The largest absolute Gasteiger partial charge is 0.394 e. The van der Waals surface area contributed by atoms with Gasteiger partial charge in [-0.25, -0.2) is 0 Å². The molecule has 0 unspecified atom stereocenters. The van der Waals surface area contributed by atoms with Crippen molar-refractivity contribution < 1.29 is 5.11 Å². The van der Waals surface area contributed by atoms with Gasteiger partial charge >= 0.3 is 0 Å². The van der Waals surface area contributed by atoms with Crippen LogP contribution in [0.15, 0.2) is 24.4 Å². The molecule has 0 aliphatic heterocycles. The molecular formula is C14H22N2O. The van der Waals surface area contributed by atoms with Gasteiger partial charge in [-0.1, -0.05) is 13.0 Å². The van der Waals surface area contributed by atoms with E-state index in [4.69, 9.17) is 0 Å². The Morgan fingerprint density at radius 2 is 2.18 bits per heavy atom. The highest BCUT2D eigenvalue weighted by molar-refractivity contribution is 5.04. The number of pyridine rings is 1. The summed E-state index contributed by atoms with van der Waals surface area (Å²) < 4.78 is 0. The third-order valence-corrected chi connectivity index (χ3v) is 3.90. The molecule has 17 heavy (non-hydrogen) atoms. The van der Waals surface area contributed by atoms with E-state index >= 15 is 0 Å². The van der Waals surface area contributed by atoms with Crippen LogP contribution in [0.4, 0.5) is 0 Å². The first kappa shape index (κ1) is 12.5. The Kier molecular flexibility index (Phi) is 4.13. The minimum atomic E-state index is -0.0793. The van der Waals surface area contributed by atoms with Crippen LogP contribution in [0.25, 0.3) is 0 Å². The smallest absolute Gasteiger partial charge is 0.0613 e. The molecule has 94 valence electrons. The zero-order chi connectivity index (χ0) is 12.1. The molecule has 0 aromatic carbocycles. The third-order valence-electron chi connectivity index (χ3n) is 3.90. The summed E-state index contributed by atoms with van der Waals surface area (Å²) in [5.74, 6) is 0.798. The Balaban J connectivity index is 1.91. The number of aromatic nitrogens is 1. The molecule has 3 nitrogen and oxygen atoms in total. The van der Waals surface area contributed by atoms with Crippen molar-refractivity contribution >= 4 is 0 Å². The molecule has 1 saturated carbocycles. The summed E-state index contributed by atoms with van der Waals surface area (Å²) in [4.78, 5) is 4.30. The Hall–Kier alpha value is -0.930. The van der Waals surface area contributed by atoms with Gasteiger partial charge in [0.1, 0.15) is 0 Å². The van der Waals surface area contributed by atoms with Gasteiger partial charge in [0.25, 0.3) is 0 Å². The monoisotopic (exact) mass is 234 g/mol. The van der Waals surface area contributed by atoms with Crippen LogP contribution in [0.3, 0.4) is 0 Å². The fraction of sp³-hybridized carbons (Fsp3) is 0.643. The molecule has 1 aliphatic rings. The first-order chi connectivity index (χ1) is 8.24. The molecule has 3 heteroatoms. The number of aliphatic hydroxyl groups is 1. The van der Waals surface area contributed by atoms with Crippen LogP contribution < -0.4 is 5.32 Å². The molecule has 0 saturated heterocycles. The van der Waals surface area contributed by atoms with Crippen molar-refractivity contribution in [1.29, 1.82) is 0 Å². The van der Waals surface area contributed by atoms with E-state index in [2.05, 4.69) is 17.2 Å². The molecule has 1 aliphatic carbocycles. The maximum Gasteiger partial charge on any atom is 0.0613 e. The first-order valence-corrected chi connectivity index (χ1v) is 6.50. The van der Waals surface area contributed by atoms with Gasteiger partial charge < -0.3 is 10.4 Å². The van der Waals surface area contributed by atoms with Gasteiger partial charge in [0.2, 0.25) is 0 Å². The molecule has 0 atom stereocenters. The molecule has 1 aromatic heterocycles. The summed E-state index contributed by atoms with van der Waals surface area (Å²) >= 11 is 0. The molecular weight excluding hydrogens is 212 g/mol. The average molecular weight is 234 g/mol. The minimum Gasteiger partial charge on any atom is -0.394 e. The number of nitrogens with zero attached hydrogens (tertiary/aromatic N) is 1. The topological polar surface area (TPSA) is 45.1 Å². The second-order valence-corrected chi connectivity index (χ2v) is 5.30. The van der Waals surface area contributed by atoms with Crippen molar-refractivity contribution in [3.05, 3.63) is 30.1 Å². The van der Waals surface area contributed by atoms with Gasteiger partial charge in [-0.2, -0.15) is 0 Å². The predicted molar refractivity (Wildman–Crippen MR) is 68.5 cm³/mol. The number of aliphatic hydroxyl groups excluding tert-OH is 1. The highest BCUT2D eigenvalue weighted by Crippen LogP contribution is 2.31. The van der Waals surface area contributed by atoms with Crippen LogP contribution in [0, 0.1) is 5.92 Å². The standard InChI is InChI=1S/C14H22N2O/c1-12-5-7-14(11-17,8-6-12)16-10-13-4-2-3-9-15-13/h2-4,9,12,16-17H,5-8,10-11H2,1H3. The van der Waals surface area contributed by atoms with E-state index in [-0.39, 0.29) is 12.1 Å². The molecule has 0 bridgehead atoms. The molecule has 2 rings (SSSR count). The second-order valence-electron chi connectivity index (χ2n) is 5.30. The highest BCUT2D eigenvalue weighted by Gasteiger charge is 2.32. The first-order valence-electron chi connectivity index (χ1n) is 6.50. The number of nitrogens with one attached hydrogen (secondary N) is 1. The van der Waals surface area contributed by atoms with E-state index in [9.17, 15) is 5.11 Å². The molecule has 1 heterocycles. The Morgan fingerprint density at radius 1 is 1.41 bits per heavy atom. The molecule has 1 aromatic rings. The normalized spacial score (nSPS) is 29.2. The van der Waals surface area contributed by atoms with E-state index in [1.54, 1.807) is 0 Å². The fourth-order valence-electron chi connectivity index (χ4n) is 2.49. The van der Waals surface area contributed by atoms with Crippen molar-refractivity contribution in [3.63, 3.8) is 0 Å². The summed E-state index contributed by atoms with van der Waals surface area (Å²) in [6, 6.07) is 5.94. The van der Waals surface area contributed by atoms with Gasteiger partial charge in [0, 0.05) is 18.3 Å². The summed E-state index contributed by atoms with van der Waals surface area (Å²) in [7, 11) is 0. The van der Waals surface area contributed by atoms with Crippen molar-refractivity contribution in [2.75, 3.05) is 6.61 Å². The van der Waals surface area contributed by atoms with Crippen LogP contribution in [-0.2, 0) is 6.54 Å². The van der Waals surface area contributed by atoms with Crippen molar-refractivity contribution in [3.8, 4) is 0 Å². The van der Waals surface area contributed by atoms with Gasteiger partial charge in [-0.3, -0.25) is 4.98 Å². The van der Waals surface area contributed by atoms with Crippen molar-refractivity contribution in [2.24, 2.45) is 5.92 Å². The molecule has 0 amide bonds. The Morgan fingerprint density at radius 3 is 2.76 bits per heavy atom. The van der Waals surface area contributed by atoms with Gasteiger partial charge in [0.05, 0.1) is 12.3 Å². The highest BCUT2D eigenvalue weighted by atomic mass is 16.3. The van der Waals surface area contributed by atoms with E-state index in [1.165, 1.54) is 12.8 Å². The van der Waals surface area contributed by atoms with Crippen molar-refractivity contribution in [1.82, 2.24) is 10.3 Å². The van der Waals surface area contributed by atoms with Crippen LogP contribution in [0.2, 0.25) is 0 Å². The lowest BCUT2D eigenvalue weighted by Gasteiger charge is -2.39. The van der Waals surface area contributed by atoms with E-state index in [1.807, 2.05) is 24.4 Å². The van der Waals surface area contributed by atoms with E-state index < -0.39 is 0 Å². The zero-order valence-corrected chi connectivity index (χ0v) is 10.5. The lowest BCUT2D eigenvalue weighted by atomic mass is 9.77. The average Bonchev–Trinajstić information content (AvgIpc) is 2.40. The van der Waals surface area contributed by atoms with Crippen LogP contribution in [0.5, 0.6) is 0 Å². The number of hydrogen-bond acceptors (Lipinski definition) is 3. The van der Waals surface area contributed by atoms with E-state index in [0.29, 0.717) is 0 Å². The molecule has 0 spiro atoms. The molecule has 2 N–H and O–H groups in total. The lowest BCUT2D eigenvalue weighted by Crippen LogP contribution is -2.50. The van der Waals surface area contributed by atoms with Gasteiger partial charge in [-0.05, 0) is 43.7 Å². The molecule has 1 fully saturated rings. The maximum atomic E-state index is 9.62. The van der Waals surface area contributed by atoms with Gasteiger partial charge in [0.15, 0.2) is 0 Å². The van der Waals surface area contributed by atoms with Gasteiger partial charge in [-0.15, -0.1) is 0 Å². The summed E-state index contributed by atoms with van der Waals surface area (Å²) in [5.41, 5.74) is 0.961. The maximum absolute atomic E-state index is 9.62.